The largest absolute Gasteiger partial charge is 0.489 e. The highest BCUT2D eigenvalue weighted by atomic mass is 16.5. The van der Waals surface area contributed by atoms with E-state index in [9.17, 15) is 0 Å². The highest BCUT2D eigenvalue weighted by molar-refractivity contribution is 5.83. The predicted molar refractivity (Wildman–Crippen MR) is 143 cm³/mol. The number of hydrogen-bond donors (Lipinski definition) is 0. The fourth-order valence-electron chi connectivity index (χ4n) is 4.26. The molecule has 0 radical (unpaired) electrons. The molecule has 3 aromatic carbocycles. The average molecular weight is 479 g/mol. The summed E-state index contributed by atoms with van der Waals surface area (Å²) in [4.78, 5) is 13.5. The molecule has 2 aromatic heterocycles. The van der Waals surface area contributed by atoms with Crippen LogP contribution in [0.2, 0.25) is 0 Å². The molecule has 0 aliphatic carbocycles. The summed E-state index contributed by atoms with van der Waals surface area (Å²) < 4.78 is 7.89. The summed E-state index contributed by atoms with van der Waals surface area (Å²) in [6.45, 7) is 7.79. The lowest BCUT2D eigenvalue weighted by atomic mass is 10.1. The Balaban J connectivity index is 1.54. The smallest absolute Gasteiger partial charge is 0.167 e. The van der Waals surface area contributed by atoms with Crippen LogP contribution in [0.1, 0.15) is 25.0 Å². The van der Waals surface area contributed by atoms with Crippen molar-refractivity contribution < 1.29 is 4.74 Å². The van der Waals surface area contributed by atoms with Crippen LogP contribution in [-0.4, -0.2) is 37.6 Å². The van der Waals surface area contributed by atoms with Crippen molar-refractivity contribution in [3.63, 3.8) is 0 Å². The number of hydrogen-bond acceptors (Lipinski definition) is 6. The molecule has 0 spiro atoms. The first kappa shape index (κ1) is 23.5. The molecular formula is C29H30N6O. The molecule has 0 aliphatic heterocycles. The van der Waals surface area contributed by atoms with Gasteiger partial charge in [0.15, 0.2) is 5.82 Å². The second-order valence-electron chi connectivity index (χ2n) is 8.55. The Kier molecular flexibility index (Phi) is 7.19. The van der Waals surface area contributed by atoms with Crippen molar-refractivity contribution in [3.8, 4) is 5.75 Å². The van der Waals surface area contributed by atoms with Gasteiger partial charge in [0, 0.05) is 18.3 Å². The van der Waals surface area contributed by atoms with Crippen molar-refractivity contribution in [3.05, 3.63) is 109 Å². The molecule has 182 valence electrons. The summed E-state index contributed by atoms with van der Waals surface area (Å²) in [7, 11) is 0. The van der Waals surface area contributed by atoms with Crippen molar-refractivity contribution in [2.24, 2.45) is 0 Å². The highest BCUT2D eigenvalue weighted by Crippen LogP contribution is 2.37. The molecule has 0 unspecified atom stereocenters. The minimum absolute atomic E-state index is 0.504. The van der Waals surface area contributed by atoms with Crippen molar-refractivity contribution in [2.75, 3.05) is 18.0 Å². The van der Waals surface area contributed by atoms with Gasteiger partial charge in [0.1, 0.15) is 30.5 Å². The summed E-state index contributed by atoms with van der Waals surface area (Å²) >= 11 is 0. The quantitative estimate of drug-likeness (QED) is 0.245. The standard InChI is InChI=1S/C29H30N6O/c1-3-33(4-2)19-24-12-8-13-25(16-24)35(29-28-18-30-22-34(28)32-21-31-29)26-14-9-15-27(17-26)36-20-23-10-6-5-7-11-23/h5-18,21-22H,3-4,19-20H2,1-2H3. The van der Waals surface area contributed by atoms with Crippen LogP contribution in [0.3, 0.4) is 0 Å². The Bertz CT molecular complexity index is 1410. The zero-order valence-electron chi connectivity index (χ0n) is 20.7. The highest BCUT2D eigenvalue weighted by Gasteiger charge is 2.19. The SMILES string of the molecule is CCN(CC)Cc1cccc(N(c2cccc(OCc3ccccc3)c2)c2ncnn3cncc23)c1. The van der Waals surface area contributed by atoms with Crippen LogP contribution in [0.5, 0.6) is 5.75 Å². The Labute approximate surface area is 211 Å². The fraction of sp³-hybridized carbons (Fsp3) is 0.207. The van der Waals surface area contributed by atoms with E-state index in [4.69, 9.17) is 4.74 Å². The first-order chi connectivity index (χ1) is 17.7. The second kappa shape index (κ2) is 11.0. The maximum absolute atomic E-state index is 6.15. The number of imidazole rings is 1. The third-order valence-corrected chi connectivity index (χ3v) is 6.21. The number of nitrogens with zero attached hydrogens (tertiary/aromatic N) is 6. The van der Waals surface area contributed by atoms with E-state index < -0.39 is 0 Å². The molecule has 2 heterocycles. The third kappa shape index (κ3) is 5.21. The lowest BCUT2D eigenvalue weighted by Gasteiger charge is -2.26. The first-order valence-electron chi connectivity index (χ1n) is 12.3. The molecule has 0 atom stereocenters. The minimum atomic E-state index is 0.504. The number of anilines is 3. The first-order valence-corrected chi connectivity index (χ1v) is 12.3. The van der Waals surface area contributed by atoms with Gasteiger partial charge < -0.3 is 4.74 Å². The van der Waals surface area contributed by atoms with Crippen molar-refractivity contribution in [1.29, 1.82) is 0 Å². The number of aromatic nitrogens is 4. The minimum Gasteiger partial charge on any atom is -0.489 e. The van der Waals surface area contributed by atoms with E-state index in [1.807, 2.05) is 30.3 Å². The molecule has 0 aliphatic rings. The Hall–Kier alpha value is -4.23. The van der Waals surface area contributed by atoms with E-state index in [-0.39, 0.29) is 0 Å². The normalized spacial score (nSPS) is 11.2. The molecule has 5 aromatic rings. The number of fused-ring (bicyclic) bond motifs is 1. The lowest BCUT2D eigenvalue weighted by Crippen LogP contribution is -2.22. The molecule has 0 saturated carbocycles. The van der Waals surface area contributed by atoms with Crippen LogP contribution in [-0.2, 0) is 13.2 Å². The average Bonchev–Trinajstić information content (AvgIpc) is 3.42. The summed E-state index contributed by atoms with van der Waals surface area (Å²) in [5, 5.41) is 4.32. The van der Waals surface area contributed by atoms with E-state index in [0.717, 1.165) is 53.7 Å². The second-order valence-corrected chi connectivity index (χ2v) is 8.55. The van der Waals surface area contributed by atoms with Gasteiger partial charge in [-0.25, -0.2) is 14.5 Å². The van der Waals surface area contributed by atoms with Gasteiger partial charge in [-0.05, 0) is 48.5 Å². The van der Waals surface area contributed by atoms with Gasteiger partial charge in [0.25, 0.3) is 0 Å². The Morgan fingerprint density at radius 1 is 0.833 bits per heavy atom. The zero-order valence-corrected chi connectivity index (χ0v) is 20.7. The number of rotatable bonds is 10. The van der Waals surface area contributed by atoms with E-state index >= 15 is 0 Å². The molecule has 0 amide bonds. The van der Waals surface area contributed by atoms with Crippen LogP contribution in [0, 0.1) is 0 Å². The number of benzene rings is 3. The van der Waals surface area contributed by atoms with Gasteiger partial charge in [0.05, 0.1) is 11.9 Å². The van der Waals surface area contributed by atoms with Crippen LogP contribution < -0.4 is 9.64 Å². The Morgan fingerprint density at radius 2 is 1.58 bits per heavy atom. The van der Waals surface area contributed by atoms with Gasteiger partial charge >= 0.3 is 0 Å². The molecule has 0 fully saturated rings. The molecule has 0 saturated heterocycles. The summed E-state index contributed by atoms with van der Waals surface area (Å²) in [6, 6.07) is 26.9. The van der Waals surface area contributed by atoms with Crippen molar-refractivity contribution in [2.45, 2.75) is 27.0 Å². The molecule has 0 bridgehead atoms. The van der Waals surface area contributed by atoms with E-state index in [1.54, 1.807) is 23.4 Å². The van der Waals surface area contributed by atoms with Crippen LogP contribution >= 0.6 is 0 Å². The van der Waals surface area contributed by atoms with Crippen molar-refractivity contribution in [1.82, 2.24) is 24.5 Å². The summed E-state index contributed by atoms with van der Waals surface area (Å²) in [5.74, 6) is 1.54. The lowest BCUT2D eigenvalue weighted by molar-refractivity contribution is 0.296. The van der Waals surface area contributed by atoms with Gasteiger partial charge in [-0.3, -0.25) is 9.80 Å². The van der Waals surface area contributed by atoms with Gasteiger partial charge in [-0.1, -0.05) is 62.4 Å². The van der Waals surface area contributed by atoms with Crippen LogP contribution in [0.25, 0.3) is 5.52 Å². The maximum atomic E-state index is 6.15. The Morgan fingerprint density at radius 3 is 2.39 bits per heavy atom. The van der Waals surface area contributed by atoms with Gasteiger partial charge in [-0.15, -0.1) is 0 Å². The van der Waals surface area contributed by atoms with E-state index in [2.05, 4.69) is 87.2 Å². The van der Waals surface area contributed by atoms with Crippen LogP contribution in [0.15, 0.2) is 97.7 Å². The van der Waals surface area contributed by atoms with E-state index in [1.165, 1.54) is 5.56 Å². The monoisotopic (exact) mass is 478 g/mol. The zero-order chi connectivity index (χ0) is 24.7. The van der Waals surface area contributed by atoms with E-state index in [0.29, 0.717) is 6.61 Å². The molecule has 5 rings (SSSR count). The molecule has 0 N–H and O–H groups in total. The van der Waals surface area contributed by atoms with Crippen LogP contribution in [0.4, 0.5) is 17.2 Å². The topological polar surface area (TPSA) is 58.8 Å². The van der Waals surface area contributed by atoms with Crippen molar-refractivity contribution >= 4 is 22.7 Å². The van der Waals surface area contributed by atoms with Gasteiger partial charge in [0.2, 0.25) is 0 Å². The maximum Gasteiger partial charge on any atom is 0.167 e. The summed E-state index contributed by atoms with van der Waals surface area (Å²) in [6.07, 6.45) is 5.04. The predicted octanol–water partition coefficient (Wildman–Crippen LogP) is 6.01. The number of ether oxygens (including phenoxy) is 1. The third-order valence-electron chi connectivity index (χ3n) is 6.21. The molecule has 7 nitrogen and oxygen atoms in total. The molecule has 36 heavy (non-hydrogen) atoms. The fourth-order valence-corrected chi connectivity index (χ4v) is 4.26. The summed E-state index contributed by atoms with van der Waals surface area (Å²) in [5.41, 5.74) is 5.16. The molecular weight excluding hydrogens is 448 g/mol. The molecule has 7 heteroatoms. The van der Waals surface area contributed by atoms with Gasteiger partial charge in [-0.2, -0.15) is 5.10 Å².